The third-order valence-corrected chi connectivity index (χ3v) is 5.91. The quantitative estimate of drug-likeness (QED) is 0.481. The van der Waals surface area contributed by atoms with Crippen molar-refractivity contribution in [2.45, 2.75) is 59.7 Å². The fourth-order valence-corrected chi connectivity index (χ4v) is 4.03. The van der Waals surface area contributed by atoms with E-state index in [1.165, 1.54) is 22.0 Å². The van der Waals surface area contributed by atoms with Crippen molar-refractivity contribution in [1.82, 2.24) is 9.47 Å². The molecular weight excluding hydrogens is 362 g/mol. The summed E-state index contributed by atoms with van der Waals surface area (Å²) >= 11 is 5.87. The predicted molar refractivity (Wildman–Crippen MR) is 125 cm³/mol. The number of benzene rings is 2. The minimum atomic E-state index is 0.359. The molecule has 0 fully saturated rings. The molecule has 0 aliphatic rings. The Morgan fingerprint density at radius 1 is 1.04 bits per heavy atom. The van der Waals surface area contributed by atoms with Crippen LogP contribution in [0.2, 0.25) is 0 Å². The molecule has 1 N–H and O–H groups in total. The minimum absolute atomic E-state index is 0.359. The van der Waals surface area contributed by atoms with Crippen LogP contribution in [0.5, 0.6) is 0 Å². The molecule has 1 aromatic heterocycles. The van der Waals surface area contributed by atoms with Crippen molar-refractivity contribution >= 4 is 33.9 Å². The number of aromatic nitrogens is 1. The van der Waals surface area contributed by atoms with Crippen molar-refractivity contribution in [3.8, 4) is 0 Å². The van der Waals surface area contributed by atoms with Gasteiger partial charge in [0.2, 0.25) is 0 Å². The maximum atomic E-state index is 5.87. The molecule has 2 aromatic carbocycles. The second-order valence-electron chi connectivity index (χ2n) is 7.28. The molecule has 0 spiro atoms. The van der Waals surface area contributed by atoms with E-state index in [4.69, 9.17) is 12.2 Å². The van der Waals surface area contributed by atoms with Crippen molar-refractivity contribution in [3.05, 3.63) is 65.9 Å². The van der Waals surface area contributed by atoms with E-state index in [-0.39, 0.29) is 0 Å². The van der Waals surface area contributed by atoms with Crippen LogP contribution in [0.4, 0.5) is 5.69 Å². The van der Waals surface area contributed by atoms with Crippen molar-refractivity contribution in [3.63, 3.8) is 0 Å². The van der Waals surface area contributed by atoms with E-state index in [0.29, 0.717) is 6.04 Å². The molecule has 3 rings (SSSR count). The van der Waals surface area contributed by atoms with Gasteiger partial charge in [-0.25, -0.2) is 0 Å². The van der Waals surface area contributed by atoms with E-state index in [0.717, 1.165) is 36.7 Å². The summed E-state index contributed by atoms with van der Waals surface area (Å²) in [5.74, 6) is 0. The molecule has 4 heteroatoms. The number of hydrogen-bond donors (Lipinski definition) is 1. The van der Waals surface area contributed by atoms with Gasteiger partial charge in [-0.05, 0) is 62.2 Å². The molecule has 28 heavy (non-hydrogen) atoms. The van der Waals surface area contributed by atoms with Gasteiger partial charge in [0.1, 0.15) is 0 Å². The molecule has 1 unspecified atom stereocenters. The molecule has 148 valence electrons. The molecule has 0 radical (unpaired) electrons. The van der Waals surface area contributed by atoms with Gasteiger partial charge in [-0.1, -0.05) is 50.2 Å². The second kappa shape index (κ2) is 9.24. The highest BCUT2D eigenvalue weighted by Crippen LogP contribution is 2.25. The first kappa shape index (κ1) is 20.4. The highest BCUT2D eigenvalue weighted by Gasteiger charge is 2.19. The smallest absolute Gasteiger partial charge is 0.173 e. The number of thiocarbonyl (C=S) groups is 1. The molecule has 0 amide bonds. The van der Waals surface area contributed by atoms with E-state index >= 15 is 0 Å². The van der Waals surface area contributed by atoms with Crippen molar-refractivity contribution < 1.29 is 0 Å². The molecule has 3 nitrogen and oxygen atoms in total. The molecule has 1 heterocycles. The average molecular weight is 394 g/mol. The van der Waals surface area contributed by atoms with E-state index in [1.54, 1.807) is 0 Å². The Morgan fingerprint density at radius 2 is 1.75 bits per heavy atom. The van der Waals surface area contributed by atoms with Gasteiger partial charge in [-0.2, -0.15) is 0 Å². The van der Waals surface area contributed by atoms with Crippen molar-refractivity contribution in [2.75, 3.05) is 5.32 Å². The lowest BCUT2D eigenvalue weighted by Crippen LogP contribution is -2.40. The standard InChI is InChI=1S/C24H31N3S/c1-5-18(4)27(24(28)25-22-14-10-8-12-19(22)6-2)17-20-16-26(7-3)23-15-11-9-13-21(20)23/h8-16,18H,5-7,17H2,1-4H3,(H,25,28). The molecular formula is C24H31N3S. The zero-order valence-electron chi connectivity index (χ0n) is 17.4. The van der Waals surface area contributed by atoms with Gasteiger partial charge in [0.25, 0.3) is 0 Å². The monoisotopic (exact) mass is 393 g/mol. The lowest BCUT2D eigenvalue weighted by molar-refractivity contribution is 0.320. The number of para-hydroxylation sites is 2. The minimum Gasteiger partial charge on any atom is -0.347 e. The normalized spacial score (nSPS) is 12.1. The van der Waals surface area contributed by atoms with Crippen LogP contribution in [-0.2, 0) is 19.5 Å². The molecule has 0 saturated carbocycles. The van der Waals surface area contributed by atoms with Crippen LogP contribution < -0.4 is 5.32 Å². The van der Waals surface area contributed by atoms with Gasteiger partial charge in [0.15, 0.2) is 5.11 Å². The highest BCUT2D eigenvalue weighted by molar-refractivity contribution is 7.80. The first-order chi connectivity index (χ1) is 13.6. The fraction of sp³-hybridized carbons (Fsp3) is 0.375. The summed E-state index contributed by atoms with van der Waals surface area (Å²) in [5.41, 5.74) is 5.01. The molecule has 3 aromatic rings. The number of rotatable bonds is 7. The number of nitrogens with one attached hydrogen (secondary N) is 1. The zero-order valence-corrected chi connectivity index (χ0v) is 18.2. The van der Waals surface area contributed by atoms with E-state index < -0.39 is 0 Å². The summed E-state index contributed by atoms with van der Waals surface area (Å²) in [6.45, 7) is 10.6. The van der Waals surface area contributed by atoms with Crippen LogP contribution in [0.3, 0.4) is 0 Å². The van der Waals surface area contributed by atoms with Gasteiger partial charge in [-0.3, -0.25) is 0 Å². The topological polar surface area (TPSA) is 20.2 Å². The summed E-state index contributed by atoms with van der Waals surface area (Å²) in [6.07, 6.45) is 4.31. The number of anilines is 1. The lowest BCUT2D eigenvalue weighted by Gasteiger charge is -2.31. The van der Waals surface area contributed by atoms with Gasteiger partial charge in [-0.15, -0.1) is 0 Å². The predicted octanol–water partition coefficient (Wildman–Crippen LogP) is 6.22. The average Bonchev–Trinajstić information content (AvgIpc) is 3.09. The largest absolute Gasteiger partial charge is 0.347 e. The van der Waals surface area contributed by atoms with Gasteiger partial charge in [0.05, 0.1) is 0 Å². The summed E-state index contributed by atoms with van der Waals surface area (Å²) in [6, 6.07) is 17.4. The van der Waals surface area contributed by atoms with Crippen LogP contribution in [0.15, 0.2) is 54.7 Å². The molecule has 0 aliphatic heterocycles. The highest BCUT2D eigenvalue weighted by atomic mass is 32.1. The maximum Gasteiger partial charge on any atom is 0.173 e. The SMILES string of the molecule is CCc1ccccc1NC(=S)N(Cc1cn(CC)c2ccccc12)C(C)CC. The first-order valence-corrected chi connectivity index (χ1v) is 10.7. The van der Waals surface area contributed by atoms with Crippen molar-refractivity contribution in [1.29, 1.82) is 0 Å². The second-order valence-corrected chi connectivity index (χ2v) is 7.67. The Kier molecular flexibility index (Phi) is 6.74. The number of hydrogen-bond acceptors (Lipinski definition) is 1. The van der Waals surface area contributed by atoms with Gasteiger partial charge < -0.3 is 14.8 Å². The number of nitrogens with zero attached hydrogens (tertiary/aromatic N) is 2. The van der Waals surface area contributed by atoms with E-state index in [9.17, 15) is 0 Å². The van der Waals surface area contributed by atoms with Gasteiger partial charge in [0, 0.05) is 41.9 Å². The number of fused-ring (bicyclic) bond motifs is 1. The molecule has 0 saturated heterocycles. The first-order valence-electron chi connectivity index (χ1n) is 10.3. The Balaban J connectivity index is 1.90. The Morgan fingerprint density at radius 3 is 2.46 bits per heavy atom. The van der Waals surface area contributed by atoms with Crippen LogP contribution >= 0.6 is 12.2 Å². The summed E-state index contributed by atoms with van der Waals surface area (Å²) in [5, 5.41) is 5.63. The van der Waals surface area contributed by atoms with E-state index in [1.807, 2.05) is 0 Å². The van der Waals surface area contributed by atoms with Crippen LogP contribution in [0.25, 0.3) is 10.9 Å². The zero-order chi connectivity index (χ0) is 20.1. The van der Waals surface area contributed by atoms with Crippen molar-refractivity contribution in [2.24, 2.45) is 0 Å². The summed E-state index contributed by atoms with van der Waals surface area (Å²) in [4.78, 5) is 2.32. The summed E-state index contributed by atoms with van der Waals surface area (Å²) in [7, 11) is 0. The third-order valence-electron chi connectivity index (χ3n) is 5.58. The van der Waals surface area contributed by atoms with Crippen LogP contribution in [0.1, 0.15) is 45.2 Å². The summed E-state index contributed by atoms with van der Waals surface area (Å²) < 4.78 is 2.32. The molecule has 0 bridgehead atoms. The number of aryl methyl sites for hydroxylation is 2. The molecule has 0 aliphatic carbocycles. The third kappa shape index (κ3) is 4.22. The Labute approximate surface area is 174 Å². The Hall–Kier alpha value is -2.33. The molecule has 1 atom stereocenters. The van der Waals surface area contributed by atoms with Crippen LogP contribution in [-0.4, -0.2) is 20.6 Å². The maximum absolute atomic E-state index is 5.87. The van der Waals surface area contributed by atoms with Crippen LogP contribution in [0, 0.1) is 0 Å². The van der Waals surface area contributed by atoms with Gasteiger partial charge >= 0.3 is 0 Å². The fourth-order valence-electron chi connectivity index (χ4n) is 3.68. The van der Waals surface area contributed by atoms with E-state index in [2.05, 4.69) is 97.2 Å². The lowest BCUT2D eigenvalue weighted by atomic mass is 10.1. The Bertz CT molecular complexity index is 944.